The molecule has 3 heteroatoms. The molecule has 0 amide bonds. The topological polar surface area (TPSA) is 29.5 Å². The van der Waals surface area contributed by atoms with Crippen molar-refractivity contribution in [3.05, 3.63) is 222 Å². The van der Waals surface area contributed by atoms with E-state index in [2.05, 4.69) is 193 Å². The van der Waals surface area contributed by atoms with Crippen LogP contribution in [0.4, 0.5) is 17.1 Å². The van der Waals surface area contributed by atoms with Crippen LogP contribution in [0.2, 0.25) is 0 Å². The second-order valence-corrected chi connectivity index (χ2v) is 14.9. The Morgan fingerprint density at radius 1 is 0.321 bits per heavy atom. The lowest BCUT2D eigenvalue weighted by Gasteiger charge is -2.35. The van der Waals surface area contributed by atoms with Crippen molar-refractivity contribution in [3.8, 4) is 11.1 Å². The third-order valence-electron chi connectivity index (χ3n) is 11.9. The van der Waals surface area contributed by atoms with Crippen LogP contribution >= 0.6 is 0 Å². The van der Waals surface area contributed by atoms with Crippen LogP contribution in [0, 0.1) is 0 Å². The predicted octanol–water partition coefficient (Wildman–Crippen LogP) is 14.5. The van der Waals surface area contributed by atoms with Gasteiger partial charge >= 0.3 is 0 Å². The van der Waals surface area contributed by atoms with Gasteiger partial charge in [-0.3, -0.25) is 0 Å². The molecule has 0 spiro atoms. The number of para-hydroxylation sites is 2. The minimum Gasteiger partial charge on any atom is -0.456 e. The van der Waals surface area contributed by atoms with Crippen LogP contribution in [-0.4, -0.2) is 0 Å². The molecular weight excluding hydrogens is 683 g/mol. The molecular formula is C53H33NO2. The maximum absolute atomic E-state index is 6.71. The number of rotatable bonds is 5. The maximum Gasteiger partial charge on any atom is 0.137 e. The van der Waals surface area contributed by atoms with Crippen LogP contribution in [0.25, 0.3) is 65.8 Å². The summed E-state index contributed by atoms with van der Waals surface area (Å²) in [5, 5.41) is 6.66. The fourth-order valence-corrected chi connectivity index (χ4v) is 9.48. The Morgan fingerprint density at radius 2 is 0.839 bits per heavy atom. The van der Waals surface area contributed by atoms with Crippen molar-refractivity contribution in [2.45, 2.75) is 5.41 Å². The van der Waals surface area contributed by atoms with E-state index in [-0.39, 0.29) is 0 Å². The smallest absolute Gasteiger partial charge is 0.137 e. The molecule has 0 aliphatic heterocycles. The van der Waals surface area contributed by atoms with Gasteiger partial charge in [0.05, 0.1) is 5.41 Å². The fourth-order valence-electron chi connectivity index (χ4n) is 9.48. The van der Waals surface area contributed by atoms with Gasteiger partial charge in [0, 0.05) is 44.7 Å². The van der Waals surface area contributed by atoms with Crippen molar-refractivity contribution in [1.82, 2.24) is 0 Å². The van der Waals surface area contributed by atoms with Gasteiger partial charge in [0.2, 0.25) is 0 Å². The van der Waals surface area contributed by atoms with Gasteiger partial charge in [-0.2, -0.15) is 0 Å². The molecule has 56 heavy (non-hydrogen) atoms. The van der Waals surface area contributed by atoms with Crippen molar-refractivity contribution in [3.63, 3.8) is 0 Å². The molecule has 0 atom stereocenters. The van der Waals surface area contributed by atoms with Crippen LogP contribution in [0.3, 0.4) is 0 Å². The van der Waals surface area contributed by atoms with Gasteiger partial charge in [-0.05, 0) is 111 Å². The molecule has 9 aromatic carbocycles. The van der Waals surface area contributed by atoms with Crippen LogP contribution in [0.15, 0.2) is 209 Å². The zero-order valence-corrected chi connectivity index (χ0v) is 30.3. The largest absolute Gasteiger partial charge is 0.456 e. The second kappa shape index (κ2) is 11.8. The summed E-state index contributed by atoms with van der Waals surface area (Å²) in [6.07, 6.45) is 0. The first kappa shape index (κ1) is 31.0. The van der Waals surface area contributed by atoms with E-state index in [1.807, 2.05) is 12.1 Å². The molecule has 1 aliphatic rings. The molecule has 0 saturated carbocycles. The number of fused-ring (bicyclic) bond motifs is 10. The first-order valence-electron chi connectivity index (χ1n) is 19.2. The summed E-state index contributed by atoms with van der Waals surface area (Å²) in [5.41, 5.74) is 13.8. The Balaban J connectivity index is 1.04. The molecule has 3 nitrogen and oxygen atoms in total. The Kier molecular flexibility index (Phi) is 6.55. The fraction of sp³-hybridized carbons (Fsp3) is 0.0189. The highest BCUT2D eigenvalue weighted by molar-refractivity contribution is 6.15. The summed E-state index contributed by atoms with van der Waals surface area (Å²) in [7, 11) is 0. The second-order valence-electron chi connectivity index (χ2n) is 14.9. The summed E-state index contributed by atoms with van der Waals surface area (Å²) in [6, 6.07) is 72.1. The number of furan rings is 2. The average Bonchev–Trinajstić information content (AvgIpc) is 3.90. The number of benzene rings is 9. The highest BCUT2D eigenvalue weighted by Crippen LogP contribution is 2.56. The lowest BCUT2D eigenvalue weighted by atomic mass is 9.67. The van der Waals surface area contributed by atoms with E-state index in [1.165, 1.54) is 33.4 Å². The summed E-state index contributed by atoms with van der Waals surface area (Å²) >= 11 is 0. The Bertz CT molecular complexity index is 3270. The third kappa shape index (κ3) is 4.40. The molecule has 2 heterocycles. The monoisotopic (exact) mass is 715 g/mol. The number of hydrogen-bond donors (Lipinski definition) is 0. The Hall–Kier alpha value is -7.36. The lowest BCUT2D eigenvalue weighted by molar-refractivity contribution is 0.668. The van der Waals surface area contributed by atoms with E-state index < -0.39 is 5.41 Å². The highest BCUT2D eigenvalue weighted by Gasteiger charge is 2.46. The zero-order chi connectivity index (χ0) is 36.8. The molecule has 0 fully saturated rings. The minimum absolute atomic E-state index is 0.495. The summed E-state index contributed by atoms with van der Waals surface area (Å²) < 4.78 is 13.0. The van der Waals surface area contributed by atoms with E-state index in [0.717, 1.165) is 71.7 Å². The third-order valence-corrected chi connectivity index (χ3v) is 11.9. The van der Waals surface area contributed by atoms with Crippen LogP contribution in [-0.2, 0) is 5.41 Å². The van der Waals surface area contributed by atoms with E-state index >= 15 is 0 Å². The first-order valence-corrected chi connectivity index (χ1v) is 19.2. The van der Waals surface area contributed by atoms with E-state index in [4.69, 9.17) is 8.83 Å². The van der Waals surface area contributed by atoms with E-state index in [1.54, 1.807) is 0 Å². The molecule has 12 rings (SSSR count). The van der Waals surface area contributed by atoms with Gasteiger partial charge < -0.3 is 13.7 Å². The number of anilines is 3. The predicted molar refractivity (Wildman–Crippen MR) is 230 cm³/mol. The molecule has 11 aromatic rings. The van der Waals surface area contributed by atoms with Crippen molar-refractivity contribution >= 4 is 71.7 Å². The number of nitrogens with zero attached hydrogens (tertiary/aromatic N) is 1. The van der Waals surface area contributed by atoms with Crippen LogP contribution < -0.4 is 4.90 Å². The molecule has 1 aliphatic carbocycles. The molecule has 0 N–H and O–H groups in total. The molecule has 0 radical (unpaired) electrons. The summed E-state index contributed by atoms with van der Waals surface area (Å²) in [5.74, 6) is 0. The molecule has 262 valence electrons. The Labute approximate surface area is 323 Å². The summed E-state index contributed by atoms with van der Waals surface area (Å²) in [4.78, 5) is 2.34. The molecule has 0 unspecified atom stereocenters. The first-order chi connectivity index (χ1) is 27.7. The SMILES string of the molecule is c1ccc(N(c2cccc(C3(c4ccccc4)c4ccccc4-c4ccccc43)c2)c2ccc3c(c2)oc2cc4cc5c(cc4cc23)oc2ccccc25)cc1. The van der Waals surface area contributed by atoms with Gasteiger partial charge in [-0.1, -0.05) is 127 Å². The van der Waals surface area contributed by atoms with Crippen molar-refractivity contribution in [2.75, 3.05) is 4.90 Å². The molecule has 0 bridgehead atoms. The van der Waals surface area contributed by atoms with Gasteiger partial charge in [-0.15, -0.1) is 0 Å². The van der Waals surface area contributed by atoms with E-state index in [9.17, 15) is 0 Å². The Morgan fingerprint density at radius 3 is 1.55 bits per heavy atom. The van der Waals surface area contributed by atoms with Crippen molar-refractivity contribution in [1.29, 1.82) is 0 Å². The van der Waals surface area contributed by atoms with Crippen LogP contribution in [0.1, 0.15) is 22.3 Å². The molecule has 0 saturated heterocycles. The van der Waals surface area contributed by atoms with Crippen molar-refractivity contribution in [2.24, 2.45) is 0 Å². The standard InChI is InChI=1S/C53H33NO2/c1-3-14-36(15-4-1)53(47-23-10-7-20-41(47)42-21-8-11-24-48(42)53)37-16-13-19-39(32-37)54(38-17-5-2-6-18-38)40-26-27-44-46-29-35-30-50-45(43-22-9-12-25-49(43)55-50)28-34(35)31-51(46)56-52(44)33-40/h1-33H. The normalized spacial score (nSPS) is 13.1. The maximum atomic E-state index is 6.71. The highest BCUT2D eigenvalue weighted by atomic mass is 16.3. The quantitative estimate of drug-likeness (QED) is 0.178. The summed E-state index contributed by atoms with van der Waals surface area (Å²) in [6.45, 7) is 0. The number of hydrogen-bond acceptors (Lipinski definition) is 3. The lowest BCUT2D eigenvalue weighted by Crippen LogP contribution is -2.28. The van der Waals surface area contributed by atoms with Gasteiger partial charge in [0.1, 0.15) is 22.3 Å². The van der Waals surface area contributed by atoms with Gasteiger partial charge in [0.15, 0.2) is 0 Å². The molecule has 2 aromatic heterocycles. The van der Waals surface area contributed by atoms with Gasteiger partial charge in [-0.25, -0.2) is 0 Å². The van der Waals surface area contributed by atoms with E-state index in [0.29, 0.717) is 0 Å². The average molecular weight is 716 g/mol. The minimum atomic E-state index is -0.495. The van der Waals surface area contributed by atoms with Crippen LogP contribution in [0.5, 0.6) is 0 Å². The van der Waals surface area contributed by atoms with Gasteiger partial charge in [0.25, 0.3) is 0 Å². The zero-order valence-electron chi connectivity index (χ0n) is 30.3. The van der Waals surface area contributed by atoms with Crippen molar-refractivity contribution < 1.29 is 8.83 Å².